The lowest BCUT2D eigenvalue weighted by molar-refractivity contribution is -0.142. The van der Waals surface area contributed by atoms with Crippen molar-refractivity contribution in [3.63, 3.8) is 0 Å². The van der Waals surface area contributed by atoms with E-state index in [0.717, 1.165) is 12.8 Å². The van der Waals surface area contributed by atoms with Gasteiger partial charge in [-0.3, -0.25) is 9.59 Å². The summed E-state index contributed by atoms with van der Waals surface area (Å²) in [5.41, 5.74) is -1.04. The van der Waals surface area contributed by atoms with Crippen molar-refractivity contribution in [2.45, 2.75) is 98.2 Å². The summed E-state index contributed by atoms with van der Waals surface area (Å²) in [6.07, 6.45) is 3.05. The van der Waals surface area contributed by atoms with Crippen LogP contribution in [0.1, 0.15) is 97.3 Å². The molecule has 1 aliphatic carbocycles. The average Bonchev–Trinajstić information content (AvgIpc) is 3.70. The van der Waals surface area contributed by atoms with Gasteiger partial charge in [-0.15, -0.1) is 0 Å². The second-order valence-corrected chi connectivity index (χ2v) is 16.5. The van der Waals surface area contributed by atoms with Gasteiger partial charge in [0.25, 0.3) is 0 Å². The first kappa shape index (κ1) is 38.0. The first-order valence-corrected chi connectivity index (χ1v) is 17.6. The molecule has 48 heavy (non-hydrogen) atoms. The third-order valence-corrected chi connectivity index (χ3v) is 9.74. The van der Waals surface area contributed by atoms with E-state index in [2.05, 4.69) is 24.1 Å². The number of ether oxygens (including phenoxy) is 3. The van der Waals surface area contributed by atoms with Gasteiger partial charge in [0.1, 0.15) is 17.2 Å². The Bertz CT molecular complexity index is 1290. The highest BCUT2D eigenvalue weighted by atomic mass is 16.6. The Morgan fingerprint density at radius 1 is 1.10 bits per heavy atom. The van der Waals surface area contributed by atoms with E-state index in [1.165, 1.54) is 7.11 Å². The molecule has 1 saturated carbocycles. The molecule has 0 aromatic carbocycles. The Kier molecular flexibility index (Phi) is 12.2. The Hall–Kier alpha value is -2.83. The van der Waals surface area contributed by atoms with Crippen LogP contribution in [0.4, 0.5) is 10.6 Å². The van der Waals surface area contributed by atoms with Crippen molar-refractivity contribution in [2.75, 3.05) is 65.0 Å². The number of anilines is 1. The summed E-state index contributed by atoms with van der Waals surface area (Å²) in [7, 11) is 1.53. The van der Waals surface area contributed by atoms with Crippen LogP contribution in [-0.2, 0) is 24.4 Å². The topological polar surface area (TPSA) is 143 Å². The summed E-state index contributed by atoms with van der Waals surface area (Å²) in [5, 5.41) is 13.6. The second kappa shape index (κ2) is 15.4. The molecule has 3 fully saturated rings. The van der Waals surface area contributed by atoms with Gasteiger partial charge < -0.3 is 34.4 Å². The van der Waals surface area contributed by atoms with Crippen molar-refractivity contribution in [2.24, 2.45) is 29.1 Å². The van der Waals surface area contributed by atoms with Gasteiger partial charge in [0.2, 0.25) is 5.91 Å². The molecular formula is C36H59N5O7. The Labute approximate surface area is 286 Å². The van der Waals surface area contributed by atoms with Gasteiger partial charge in [0.15, 0.2) is 5.78 Å². The van der Waals surface area contributed by atoms with Gasteiger partial charge in [-0.25, -0.2) is 14.8 Å². The smallest absolute Gasteiger partial charge is 0.410 e. The summed E-state index contributed by atoms with van der Waals surface area (Å²) in [5.74, 6) is 1.17. The van der Waals surface area contributed by atoms with Crippen molar-refractivity contribution in [1.82, 2.24) is 19.8 Å². The number of nitrogens with one attached hydrogen (secondary N) is 1. The fourth-order valence-corrected chi connectivity index (χ4v) is 7.30. The number of nitrogens with zero attached hydrogens (tertiary/aromatic N) is 4. The molecule has 4 rings (SSSR count). The number of aromatic nitrogens is 2. The predicted octanol–water partition coefficient (Wildman–Crippen LogP) is 4.55. The fraction of sp³-hybridized carbons (Fsp3) is 0.806. The van der Waals surface area contributed by atoms with Gasteiger partial charge in [-0.1, -0.05) is 34.6 Å². The molecule has 3 aliphatic rings. The molecule has 12 nitrogen and oxygen atoms in total. The minimum atomic E-state index is -0.779. The normalized spacial score (nSPS) is 25.5. The van der Waals surface area contributed by atoms with Crippen LogP contribution in [0.5, 0.6) is 0 Å². The molecule has 3 heterocycles. The second-order valence-electron chi connectivity index (χ2n) is 16.5. The molecule has 2 aliphatic heterocycles. The van der Waals surface area contributed by atoms with Gasteiger partial charge in [0, 0.05) is 57.9 Å². The van der Waals surface area contributed by atoms with Gasteiger partial charge in [-0.2, -0.15) is 0 Å². The molecule has 1 aromatic heterocycles. The van der Waals surface area contributed by atoms with E-state index in [1.54, 1.807) is 11.1 Å². The molecule has 0 spiro atoms. The lowest BCUT2D eigenvalue weighted by Crippen LogP contribution is -2.53. The third-order valence-electron chi connectivity index (χ3n) is 9.74. The maximum atomic E-state index is 14.4. The van der Waals surface area contributed by atoms with Crippen LogP contribution in [0.15, 0.2) is 6.20 Å². The van der Waals surface area contributed by atoms with Crippen LogP contribution in [-0.4, -0.2) is 114 Å². The molecule has 2 unspecified atom stereocenters. The number of amides is 2. The standard InChI is InChI=1S/C36H59N5O7/c1-23(2)14-25-16-36(25,17-29(43)28-19-38-32(34(3,4)5)39-30(28)37-18-27(42)22-46-9)26-15-24(31(44)40-10-12-47-13-11-40)20-41(21-26)33(45)48-35(6,7)8/h19,23-27,42H,10-18,20-22H2,1-9H3,(H,37,38,39)/t24-,25?,26+,27?,36+/m1/s1. The zero-order valence-electron chi connectivity index (χ0n) is 30.6. The van der Waals surface area contributed by atoms with Crippen molar-refractivity contribution in [1.29, 1.82) is 0 Å². The van der Waals surface area contributed by atoms with E-state index in [1.807, 2.05) is 46.4 Å². The number of aliphatic hydroxyl groups excluding tert-OH is 1. The minimum absolute atomic E-state index is 0.0337. The van der Waals surface area contributed by atoms with Crippen LogP contribution >= 0.6 is 0 Å². The van der Waals surface area contributed by atoms with E-state index in [9.17, 15) is 19.5 Å². The monoisotopic (exact) mass is 673 g/mol. The summed E-state index contributed by atoms with van der Waals surface area (Å²) >= 11 is 0. The number of aliphatic hydroxyl groups is 1. The number of hydrogen-bond donors (Lipinski definition) is 2. The molecular weight excluding hydrogens is 614 g/mol. The van der Waals surface area contributed by atoms with Crippen molar-refractivity contribution in [3.8, 4) is 0 Å². The molecule has 1 aromatic rings. The lowest BCUT2D eigenvalue weighted by atomic mass is 9.73. The molecule has 2 amide bonds. The SMILES string of the molecule is COCC(O)CNc1nc(C(C)(C)C)ncc1C(=O)C[C@@]1([C@H]2C[C@@H](C(=O)N3CCOCC3)CN(C(=O)OC(C)(C)C)C2)CC1CC(C)C. The van der Waals surface area contributed by atoms with Gasteiger partial charge in [-0.05, 0) is 63.2 Å². The van der Waals surface area contributed by atoms with Crippen molar-refractivity contribution in [3.05, 3.63) is 17.6 Å². The number of rotatable bonds is 12. The number of carbonyl (C=O) groups is 3. The number of likely N-dealkylation sites (tertiary alicyclic amines) is 1. The van der Waals surface area contributed by atoms with Crippen molar-refractivity contribution < 1.29 is 33.7 Å². The van der Waals surface area contributed by atoms with E-state index in [-0.39, 0.29) is 53.9 Å². The molecule has 5 atom stereocenters. The fourth-order valence-electron chi connectivity index (χ4n) is 7.30. The third kappa shape index (κ3) is 9.65. The number of methoxy groups -OCH3 is 1. The van der Waals surface area contributed by atoms with Crippen LogP contribution in [0.2, 0.25) is 0 Å². The molecule has 2 saturated heterocycles. The van der Waals surface area contributed by atoms with Gasteiger partial charge >= 0.3 is 6.09 Å². The largest absolute Gasteiger partial charge is 0.444 e. The predicted molar refractivity (Wildman–Crippen MR) is 183 cm³/mol. The van der Waals surface area contributed by atoms with Crippen LogP contribution in [0, 0.1) is 29.1 Å². The zero-order chi connectivity index (χ0) is 35.4. The van der Waals surface area contributed by atoms with E-state index < -0.39 is 23.7 Å². The van der Waals surface area contributed by atoms with Crippen molar-refractivity contribution >= 4 is 23.6 Å². The average molecular weight is 674 g/mol. The number of morpholine rings is 1. The summed E-state index contributed by atoms with van der Waals surface area (Å²) in [6.45, 7) is 19.0. The van der Waals surface area contributed by atoms with E-state index >= 15 is 0 Å². The Morgan fingerprint density at radius 2 is 1.79 bits per heavy atom. The molecule has 270 valence electrons. The van der Waals surface area contributed by atoms with Crippen LogP contribution in [0.25, 0.3) is 0 Å². The number of carbonyl (C=O) groups excluding carboxylic acids is 3. The first-order chi connectivity index (χ1) is 22.4. The van der Waals surface area contributed by atoms with E-state index in [0.29, 0.717) is 68.9 Å². The molecule has 0 radical (unpaired) electrons. The van der Waals surface area contributed by atoms with E-state index in [4.69, 9.17) is 19.2 Å². The highest BCUT2D eigenvalue weighted by Crippen LogP contribution is 2.65. The number of Topliss-reactive ketones (excluding diaryl/α,β-unsaturated/α-hetero) is 1. The summed E-state index contributed by atoms with van der Waals surface area (Å²) in [4.78, 5) is 54.7. The number of piperidine rings is 1. The molecule has 0 bridgehead atoms. The molecule has 2 N–H and O–H groups in total. The minimum Gasteiger partial charge on any atom is -0.444 e. The Balaban J connectivity index is 1.67. The maximum Gasteiger partial charge on any atom is 0.410 e. The molecule has 12 heteroatoms. The van der Waals surface area contributed by atoms with Crippen LogP contribution in [0.3, 0.4) is 0 Å². The lowest BCUT2D eigenvalue weighted by Gasteiger charge is -2.43. The summed E-state index contributed by atoms with van der Waals surface area (Å²) < 4.78 is 16.4. The quantitative estimate of drug-likeness (QED) is 0.304. The number of hydrogen-bond acceptors (Lipinski definition) is 10. The Morgan fingerprint density at radius 3 is 2.40 bits per heavy atom. The highest BCUT2D eigenvalue weighted by Gasteiger charge is 2.61. The first-order valence-electron chi connectivity index (χ1n) is 17.6. The van der Waals surface area contributed by atoms with Crippen LogP contribution < -0.4 is 5.32 Å². The maximum absolute atomic E-state index is 14.4. The highest BCUT2D eigenvalue weighted by molar-refractivity contribution is 6.00. The zero-order valence-corrected chi connectivity index (χ0v) is 30.6. The summed E-state index contributed by atoms with van der Waals surface area (Å²) in [6, 6.07) is 0. The van der Waals surface area contributed by atoms with Gasteiger partial charge in [0.05, 0.1) is 37.4 Å². The number of ketones is 1.